The summed E-state index contributed by atoms with van der Waals surface area (Å²) in [5.74, 6) is 1.05. The van der Waals surface area contributed by atoms with Crippen LogP contribution in [-0.2, 0) is 10.0 Å². The summed E-state index contributed by atoms with van der Waals surface area (Å²) in [5, 5.41) is 0.762. The molecule has 2 aromatic carbocycles. The third kappa shape index (κ3) is 2.55. The van der Waals surface area contributed by atoms with Crippen molar-refractivity contribution in [2.75, 3.05) is 14.2 Å². The third-order valence-corrected chi connectivity index (χ3v) is 5.44. The van der Waals surface area contributed by atoms with E-state index in [4.69, 9.17) is 9.47 Å². The first-order valence-corrected chi connectivity index (χ1v) is 8.46. The fourth-order valence-electron chi connectivity index (χ4n) is 2.47. The largest absolute Gasteiger partial charge is 0.493 e. The average molecular weight is 331 g/mol. The zero-order chi connectivity index (χ0) is 16.6. The van der Waals surface area contributed by atoms with E-state index in [1.807, 2.05) is 6.92 Å². The summed E-state index contributed by atoms with van der Waals surface area (Å²) in [4.78, 5) is 0.246. The SMILES string of the molecule is COc1cc2ccn(S(=O)(=O)c3ccc(C)cc3)c2cc1OC. The number of fused-ring (bicyclic) bond motifs is 1. The first-order chi connectivity index (χ1) is 11.0. The Labute approximate surface area is 135 Å². The number of rotatable bonds is 4. The lowest BCUT2D eigenvalue weighted by Crippen LogP contribution is -2.11. The van der Waals surface area contributed by atoms with Gasteiger partial charge in [-0.05, 0) is 31.2 Å². The van der Waals surface area contributed by atoms with Crippen molar-refractivity contribution in [1.82, 2.24) is 3.97 Å². The number of hydrogen-bond acceptors (Lipinski definition) is 4. The molecule has 1 heterocycles. The fraction of sp³-hybridized carbons (Fsp3) is 0.176. The van der Waals surface area contributed by atoms with Crippen molar-refractivity contribution in [2.24, 2.45) is 0 Å². The molecular formula is C17H17NO4S. The van der Waals surface area contributed by atoms with Gasteiger partial charge in [0.1, 0.15) is 0 Å². The van der Waals surface area contributed by atoms with Crippen LogP contribution >= 0.6 is 0 Å². The van der Waals surface area contributed by atoms with Gasteiger partial charge in [0.15, 0.2) is 11.5 Å². The van der Waals surface area contributed by atoms with E-state index in [0.717, 1.165) is 10.9 Å². The molecule has 0 saturated carbocycles. The molecule has 0 saturated heterocycles. The Kier molecular flexibility index (Phi) is 3.77. The van der Waals surface area contributed by atoms with Crippen LogP contribution in [0.5, 0.6) is 11.5 Å². The molecule has 23 heavy (non-hydrogen) atoms. The van der Waals surface area contributed by atoms with Gasteiger partial charge in [0.2, 0.25) is 0 Å². The molecule has 1 aromatic heterocycles. The second-order valence-electron chi connectivity index (χ2n) is 5.20. The van der Waals surface area contributed by atoms with Crippen LogP contribution in [0.1, 0.15) is 5.56 Å². The van der Waals surface area contributed by atoms with Gasteiger partial charge < -0.3 is 9.47 Å². The van der Waals surface area contributed by atoms with Crippen LogP contribution < -0.4 is 9.47 Å². The maximum atomic E-state index is 12.9. The Balaban J connectivity index is 2.21. The minimum atomic E-state index is -3.66. The van der Waals surface area contributed by atoms with Crippen molar-refractivity contribution in [3.05, 3.63) is 54.2 Å². The smallest absolute Gasteiger partial charge is 0.268 e. The normalized spacial score (nSPS) is 11.6. The van der Waals surface area contributed by atoms with E-state index in [2.05, 4.69) is 0 Å². The summed E-state index contributed by atoms with van der Waals surface area (Å²) in [6.45, 7) is 1.92. The lowest BCUT2D eigenvalue weighted by molar-refractivity contribution is 0.356. The Bertz CT molecular complexity index is 956. The second kappa shape index (κ2) is 5.62. The van der Waals surface area contributed by atoms with Gasteiger partial charge in [-0.15, -0.1) is 0 Å². The first-order valence-electron chi connectivity index (χ1n) is 7.02. The number of nitrogens with zero attached hydrogens (tertiary/aromatic N) is 1. The molecule has 0 atom stereocenters. The van der Waals surface area contributed by atoms with E-state index < -0.39 is 10.0 Å². The Hall–Kier alpha value is -2.47. The van der Waals surface area contributed by atoms with E-state index in [1.54, 1.807) is 55.8 Å². The van der Waals surface area contributed by atoms with Crippen LogP contribution in [-0.4, -0.2) is 26.6 Å². The Morgan fingerprint density at radius 2 is 1.52 bits per heavy atom. The Morgan fingerprint density at radius 1 is 0.913 bits per heavy atom. The molecule has 6 heteroatoms. The monoisotopic (exact) mass is 331 g/mol. The second-order valence-corrected chi connectivity index (χ2v) is 7.01. The van der Waals surface area contributed by atoms with E-state index in [0.29, 0.717) is 17.0 Å². The maximum absolute atomic E-state index is 12.9. The molecule has 0 aliphatic rings. The van der Waals surface area contributed by atoms with Crippen LogP contribution in [0.3, 0.4) is 0 Å². The highest BCUT2D eigenvalue weighted by molar-refractivity contribution is 7.90. The quantitative estimate of drug-likeness (QED) is 0.737. The van der Waals surface area contributed by atoms with Crippen LogP contribution in [0.4, 0.5) is 0 Å². The molecule has 0 aliphatic carbocycles. The number of benzene rings is 2. The molecule has 0 fully saturated rings. The maximum Gasteiger partial charge on any atom is 0.268 e. The third-order valence-electron chi connectivity index (χ3n) is 3.74. The first kappa shape index (κ1) is 15.4. The standard InChI is InChI=1S/C17H17NO4S/c1-12-4-6-14(7-5-12)23(19,20)18-9-8-13-10-16(21-2)17(22-3)11-15(13)18/h4-11H,1-3H3. The predicted octanol–water partition coefficient (Wildman–Crippen LogP) is 3.20. The lowest BCUT2D eigenvalue weighted by Gasteiger charge is -2.11. The van der Waals surface area contributed by atoms with Crippen molar-refractivity contribution in [3.63, 3.8) is 0 Å². The molecular weight excluding hydrogens is 314 g/mol. The average Bonchev–Trinajstić information content (AvgIpc) is 2.97. The molecule has 0 radical (unpaired) electrons. The molecule has 0 spiro atoms. The van der Waals surface area contributed by atoms with Gasteiger partial charge in [0.05, 0.1) is 24.6 Å². The molecule has 0 N–H and O–H groups in total. The topological polar surface area (TPSA) is 57.5 Å². The van der Waals surface area contributed by atoms with E-state index in [9.17, 15) is 8.42 Å². The number of hydrogen-bond donors (Lipinski definition) is 0. The summed E-state index contributed by atoms with van der Waals surface area (Å²) < 4.78 is 37.5. The molecule has 0 unspecified atom stereocenters. The summed E-state index contributed by atoms with van der Waals surface area (Å²) in [7, 11) is -0.599. The highest BCUT2D eigenvalue weighted by Crippen LogP contribution is 2.33. The van der Waals surface area contributed by atoms with Gasteiger partial charge in [-0.1, -0.05) is 17.7 Å². The predicted molar refractivity (Wildman–Crippen MR) is 88.8 cm³/mol. The van der Waals surface area contributed by atoms with Gasteiger partial charge in [0, 0.05) is 17.6 Å². The molecule has 120 valence electrons. The number of ether oxygens (including phenoxy) is 2. The van der Waals surface area contributed by atoms with Gasteiger partial charge in [-0.3, -0.25) is 0 Å². The fourth-order valence-corrected chi connectivity index (χ4v) is 3.82. The molecule has 0 amide bonds. The van der Waals surface area contributed by atoms with E-state index >= 15 is 0 Å². The molecule has 0 bridgehead atoms. The van der Waals surface area contributed by atoms with Crippen LogP contribution in [0, 0.1) is 6.92 Å². The van der Waals surface area contributed by atoms with Crippen molar-refractivity contribution >= 4 is 20.9 Å². The van der Waals surface area contributed by atoms with Crippen molar-refractivity contribution in [2.45, 2.75) is 11.8 Å². The summed E-state index contributed by atoms with van der Waals surface area (Å²) >= 11 is 0. The van der Waals surface area contributed by atoms with Crippen molar-refractivity contribution in [1.29, 1.82) is 0 Å². The molecule has 5 nitrogen and oxygen atoms in total. The van der Waals surface area contributed by atoms with Gasteiger partial charge in [-0.25, -0.2) is 12.4 Å². The minimum absolute atomic E-state index is 0.246. The molecule has 3 aromatic rings. The number of aromatic nitrogens is 1. The van der Waals surface area contributed by atoms with Crippen LogP contribution in [0.2, 0.25) is 0 Å². The summed E-state index contributed by atoms with van der Waals surface area (Å²) in [5.41, 5.74) is 1.55. The van der Waals surface area contributed by atoms with E-state index in [-0.39, 0.29) is 4.90 Å². The summed E-state index contributed by atoms with van der Waals surface area (Å²) in [6.07, 6.45) is 1.54. The summed E-state index contributed by atoms with van der Waals surface area (Å²) in [6, 6.07) is 11.9. The number of methoxy groups -OCH3 is 2. The van der Waals surface area contributed by atoms with Gasteiger partial charge in [-0.2, -0.15) is 0 Å². The van der Waals surface area contributed by atoms with E-state index in [1.165, 1.54) is 11.1 Å². The van der Waals surface area contributed by atoms with Crippen molar-refractivity contribution in [3.8, 4) is 11.5 Å². The van der Waals surface area contributed by atoms with Crippen LogP contribution in [0.15, 0.2) is 53.6 Å². The Morgan fingerprint density at radius 3 is 2.13 bits per heavy atom. The molecule has 3 rings (SSSR count). The van der Waals surface area contributed by atoms with Gasteiger partial charge >= 0.3 is 0 Å². The van der Waals surface area contributed by atoms with Gasteiger partial charge in [0.25, 0.3) is 10.0 Å². The number of aryl methyl sites for hydroxylation is 1. The highest BCUT2D eigenvalue weighted by Gasteiger charge is 2.20. The molecule has 0 aliphatic heterocycles. The highest BCUT2D eigenvalue weighted by atomic mass is 32.2. The zero-order valence-electron chi connectivity index (χ0n) is 13.1. The zero-order valence-corrected chi connectivity index (χ0v) is 13.9. The minimum Gasteiger partial charge on any atom is -0.493 e. The van der Waals surface area contributed by atoms with Crippen LogP contribution in [0.25, 0.3) is 10.9 Å². The van der Waals surface area contributed by atoms with Crippen molar-refractivity contribution < 1.29 is 17.9 Å². The lowest BCUT2D eigenvalue weighted by atomic mass is 10.2.